The highest BCUT2D eigenvalue weighted by molar-refractivity contribution is 6.31. The predicted molar refractivity (Wildman–Crippen MR) is 195 cm³/mol. The number of aromatic hydroxyl groups is 1. The number of unbranched alkanes of at least 4 members (excludes halogenated alkanes) is 1. The molecule has 0 aliphatic carbocycles. The topological polar surface area (TPSA) is 171 Å². The van der Waals surface area contributed by atoms with Crippen molar-refractivity contribution in [3.63, 3.8) is 0 Å². The molecule has 0 fully saturated rings. The fraction of sp³-hybridized carbons (Fsp3) is 0.243. The third-order valence-electron chi connectivity index (χ3n) is 8.30. The quantitative estimate of drug-likeness (QED) is 0.130. The first kappa shape index (κ1) is 34.1. The zero-order chi connectivity index (χ0) is 35.4. The van der Waals surface area contributed by atoms with Crippen LogP contribution in [0, 0.1) is 11.8 Å². The van der Waals surface area contributed by atoms with Gasteiger partial charge in [0.1, 0.15) is 36.0 Å². The maximum atomic E-state index is 14.8. The highest BCUT2D eigenvalue weighted by atomic mass is 35.5. The molecule has 3 aromatic heterocycles. The fourth-order valence-electron chi connectivity index (χ4n) is 5.94. The van der Waals surface area contributed by atoms with Crippen LogP contribution in [-0.4, -0.2) is 65.9 Å². The number of fused-ring (bicyclic) bond motifs is 2. The van der Waals surface area contributed by atoms with E-state index in [1.54, 1.807) is 39.6 Å². The molecule has 50 heavy (non-hydrogen) atoms. The molecule has 3 aromatic carbocycles. The lowest BCUT2D eigenvalue weighted by Crippen LogP contribution is -2.29. The first-order chi connectivity index (χ1) is 24.1. The summed E-state index contributed by atoms with van der Waals surface area (Å²) in [7, 11) is 3.91. The van der Waals surface area contributed by atoms with Crippen LogP contribution in [0.3, 0.4) is 0 Å². The lowest BCUT2D eigenvalue weighted by Gasteiger charge is -2.20. The minimum absolute atomic E-state index is 0.0751. The maximum Gasteiger partial charge on any atom is 0.262 e. The molecule has 12 nitrogen and oxygen atoms in total. The Hall–Kier alpha value is -5.77. The molecule has 6 aromatic rings. The molecular formula is C37H36ClN9O3. The number of hydrogen-bond acceptors (Lipinski definition) is 9. The Balaban J connectivity index is 1.52. The van der Waals surface area contributed by atoms with E-state index in [0.29, 0.717) is 63.4 Å². The summed E-state index contributed by atoms with van der Waals surface area (Å²) in [5.41, 5.74) is 15.1. The number of carbonyl (C=O) groups is 1. The van der Waals surface area contributed by atoms with E-state index >= 15 is 0 Å². The summed E-state index contributed by atoms with van der Waals surface area (Å²) in [5.74, 6) is 6.67. The van der Waals surface area contributed by atoms with Gasteiger partial charge in [0.25, 0.3) is 5.56 Å². The van der Waals surface area contributed by atoms with Crippen molar-refractivity contribution in [1.29, 1.82) is 0 Å². The second kappa shape index (κ2) is 14.8. The fourth-order valence-corrected chi connectivity index (χ4v) is 6.13. The smallest absolute Gasteiger partial charge is 0.262 e. The van der Waals surface area contributed by atoms with Crippen LogP contribution in [0.4, 0.5) is 5.82 Å². The van der Waals surface area contributed by atoms with Crippen LogP contribution in [-0.2, 0) is 17.9 Å². The van der Waals surface area contributed by atoms with Gasteiger partial charge in [0, 0.05) is 30.0 Å². The van der Waals surface area contributed by atoms with Crippen molar-refractivity contribution in [2.24, 2.45) is 5.73 Å². The van der Waals surface area contributed by atoms with E-state index in [0.717, 1.165) is 11.1 Å². The number of anilines is 1. The lowest BCUT2D eigenvalue weighted by molar-refractivity contribution is -0.118. The van der Waals surface area contributed by atoms with Crippen molar-refractivity contribution < 1.29 is 9.90 Å². The zero-order valence-corrected chi connectivity index (χ0v) is 28.4. The number of likely N-dealkylation sites (N-methyl/N-ethyl adjacent to an activating group) is 1. The van der Waals surface area contributed by atoms with Gasteiger partial charge in [-0.05, 0) is 68.0 Å². The van der Waals surface area contributed by atoms with Gasteiger partial charge >= 0.3 is 0 Å². The number of amides is 1. The molecule has 0 bridgehead atoms. The van der Waals surface area contributed by atoms with Gasteiger partial charge in [0.05, 0.1) is 28.8 Å². The Morgan fingerprint density at radius 2 is 1.80 bits per heavy atom. The van der Waals surface area contributed by atoms with Crippen molar-refractivity contribution >= 4 is 45.3 Å². The van der Waals surface area contributed by atoms with Crippen molar-refractivity contribution in [3.05, 3.63) is 105 Å². The van der Waals surface area contributed by atoms with E-state index in [-0.39, 0.29) is 48.5 Å². The van der Waals surface area contributed by atoms with Crippen molar-refractivity contribution in [1.82, 2.24) is 34.2 Å². The molecule has 0 spiro atoms. The number of primary amides is 1. The van der Waals surface area contributed by atoms with Crippen molar-refractivity contribution in [2.45, 2.75) is 38.3 Å². The number of phenolic OH excluding ortho intramolecular Hbond substituents is 1. The average Bonchev–Trinajstić information content (AvgIpc) is 3.45. The van der Waals surface area contributed by atoms with E-state index < -0.39 is 0 Å². The zero-order valence-electron chi connectivity index (χ0n) is 27.7. The number of benzene rings is 3. The number of hydrogen-bond donors (Lipinski definition) is 3. The minimum atomic E-state index is -0.359. The minimum Gasteiger partial charge on any atom is -0.508 e. The number of nitrogen functional groups attached to an aromatic ring is 1. The summed E-state index contributed by atoms with van der Waals surface area (Å²) < 4.78 is 3.28. The summed E-state index contributed by atoms with van der Waals surface area (Å²) in [6, 6.07) is 19.6. The van der Waals surface area contributed by atoms with Gasteiger partial charge in [0.15, 0.2) is 5.65 Å². The van der Waals surface area contributed by atoms with E-state index in [2.05, 4.69) is 21.8 Å². The van der Waals surface area contributed by atoms with Gasteiger partial charge < -0.3 is 21.5 Å². The molecule has 6 rings (SSSR count). The Labute approximate surface area is 293 Å². The van der Waals surface area contributed by atoms with Crippen LogP contribution in [0.15, 0.2) is 77.9 Å². The monoisotopic (exact) mass is 689 g/mol. The van der Waals surface area contributed by atoms with E-state index in [4.69, 9.17) is 33.2 Å². The second-order valence-corrected chi connectivity index (χ2v) is 12.6. The number of carbonyl (C=O) groups excluding carboxylic acids is 1. The van der Waals surface area contributed by atoms with E-state index in [1.165, 1.54) is 6.33 Å². The van der Waals surface area contributed by atoms with Crippen LogP contribution < -0.4 is 17.0 Å². The Morgan fingerprint density at radius 3 is 2.54 bits per heavy atom. The molecule has 5 N–H and O–H groups in total. The molecule has 1 unspecified atom stereocenters. The number of halogens is 1. The van der Waals surface area contributed by atoms with Gasteiger partial charge in [-0.3, -0.25) is 14.2 Å². The molecule has 1 atom stereocenters. The lowest BCUT2D eigenvalue weighted by atomic mass is 9.95. The molecule has 254 valence electrons. The van der Waals surface area contributed by atoms with Crippen molar-refractivity contribution in [3.8, 4) is 28.8 Å². The second-order valence-electron chi connectivity index (χ2n) is 12.2. The predicted octanol–water partition coefficient (Wildman–Crippen LogP) is 4.55. The summed E-state index contributed by atoms with van der Waals surface area (Å²) in [5, 5.41) is 16.3. The standard InChI is InChI=1S/C37H36ClN9O3/c1-45(2)19-24(9-4-3-5-14-30(39)49)27-11-8-13-29-32(27)37(50)46(20-25-10-6-7-12-28(25)38)31(43-29)21-47-36-33(35(40)41-22-42-36)34(44-47)23-15-17-26(48)18-16-23/h6-8,10-13,15-18,22,24,48H,3,5,14,19-21H2,1-2H3,(H2,39,49)(H2,40,41,42). The molecule has 0 aliphatic heterocycles. The number of nitrogens with zero attached hydrogens (tertiary/aromatic N) is 7. The van der Waals surface area contributed by atoms with Gasteiger partial charge in [-0.25, -0.2) is 19.6 Å². The highest BCUT2D eigenvalue weighted by Crippen LogP contribution is 2.32. The Bertz CT molecular complexity index is 2320. The third kappa shape index (κ3) is 7.29. The molecule has 0 aliphatic rings. The van der Waals surface area contributed by atoms with Crippen LogP contribution >= 0.6 is 11.6 Å². The van der Waals surface area contributed by atoms with Crippen LogP contribution in [0.2, 0.25) is 5.02 Å². The molecule has 0 saturated heterocycles. The maximum absolute atomic E-state index is 14.8. The number of phenols is 1. The third-order valence-corrected chi connectivity index (χ3v) is 8.66. The molecule has 3 heterocycles. The highest BCUT2D eigenvalue weighted by Gasteiger charge is 2.23. The van der Waals surface area contributed by atoms with E-state index in [1.807, 2.05) is 55.4 Å². The SMILES string of the molecule is CN(C)CC(C#CCCCC(N)=O)c1cccc2nc(Cn3nc(-c4ccc(O)cc4)c4c(N)ncnc43)n(Cc3ccccc3Cl)c(=O)c12. The molecule has 0 radical (unpaired) electrons. The molecule has 1 amide bonds. The molecule has 13 heteroatoms. The summed E-state index contributed by atoms with van der Waals surface area (Å²) in [6.07, 6.45) is 2.71. The number of rotatable bonds is 11. The van der Waals surface area contributed by atoms with Gasteiger partial charge in [-0.15, -0.1) is 5.92 Å². The summed E-state index contributed by atoms with van der Waals surface area (Å²) in [4.78, 5) is 41.8. The van der Waals surface area contributed by atoms with Gasteiger partial charge in [-0.1, -0.05) is 47.9 Å². The Morgan fingerprint density at radius 1 is 1.02 bits per heavy atom. The summed E-state index contributed by atoms with van der Waals surface area (Å²) >= 11 is 6.62. The van der Waals surface area contributed by atoms with Crippen LogP contribution in [0.25, 0.3) is 33.2 Å². The number of nitrogens with two attached hydrogens (primary N) is 2. The largest absolute Gasteiger partial charge is 0.508 e. The average molecular weight is 690 g/mol. The summed E-state index contributed by atoms with van der Waals surface area (Å²) in [6.45, 7) is 0.795. The van der Waals surface area contributed by atoms with Crippen molar-refractivity contribution in [2.75, 3.05) is 26.4 Å². The van der Waals surface area contributed by atoms with Gasteiger partial charge in [0.2, 0.25) is 5.91 Å². The van der Waals surface area contributed by atoms with Gasteiger partial charge in [-0.2, -0.15) is 5.10 Å². The van der Waals surface area contributed by atoms with Crippen LogP contribution in [0.5, 0.6) is 5.75 Å². The first-order valence-electron chi connectivity index (χ1n) is 16.0. The number of aromatic nitrogens is 6. The normalized spacial score (nSPS) is 11.9. The van der Waals surface area contributed by atoms with E-state index in [9.17, 15) is 14.7 Å². The molecule has 0 saturated carbocycles. The Kier molecular flexibility index (Phi) is 10.1. The van der Waals surface area contributed by atoms with Crippen LogP contribution in [0.1, 0.15) is 42.1 Å². The molecular weight excluding hydrogens is 654 g/mol. The first-order valence-corrected chi connectivity index (χ1v) is 16.4.